The van der Waals surface area contributed by atoms with Gasteiger partial charge < -0.3 is 14.5 Å². The van der Waals surface area contributed by atoms with E-state index in [-0.39, 0.29) is 30.3 Å². The van der Waals surface area contributed by atoms with Gasteiger partial charge in [-0.25, -0.2) is 9.78 Å². The van der Waals surface area contributed by atoms with Crippen molar-refractivity contribution in [2.45, 2.75) is 31.2 Å². The fraction of sp³-hybridized carbons (Fsp3) is 0.296. The van der Waals surface area contributed by atoms with Crippen LogP contribution in [0.5, 0.6) is 0 Å². The molecule has 188 valence electrons. The normalized spacial score (nSPS) is 19.2. The molecule has 37 heavy (non-hydrogen) atoms. The lowest BCUT2D eigenvalue weighted by molar-refractivity contribution is 0.0915. The van der Waals surface area contributed by atoms with Gasteiger partial charge in [0, 0.05) is 16.7 Å². The van der Waals surface area contributed by atoms with Crippen molar-refractivity contribution >= 4 is 40.5 Å². The number of dihydropyridines is 1. The van der Waals surface area contributed by atoms with Crippen molar-refractivity contribution in [1.82, 2.24) is 15.2 Å². The number of carbonyl (C=O) groups is 2. The molecule has 0 radical (unpaired) electrons. The van der Waals surface area contributed by atoms with E-state index in [4.69, 9.17) is 20.8 Å². The Kier molecular flexibility index (Phi) is 6.68. The molecule has 2 atom stereocenters. The number of rotatable bonds is 5. The monoisotopic (exact) mass is 517 g/mol. The smallest absolute Gasteiger partial charge is 0.416 e. The molecule has 1 aromatic heterocycles. The molecule has 9 nitrogen and oxygen atoms in total. The van der Waals surface area contributed by atoms with Crippen LogP contribution in [0, 0.1) is 11.3 Å². The Hall–Kier alpha value is -4.16. The lowest BCUT2D eigenvalue weighted by atomic mass is 10.00. The standard InChI is InChI=1S/C27H24ClN5O4/c1-15(2)21-9-16(11-29)10-22-24(21)37-26(32-22)18-5-3-17(4-6-18)25(34)31-13-20-14-33(27(35)36-20)23-8-7-19(28)12-30-23/h3-10,15,19-20H,12-14H2,1-2H3,(H,31,34)/t19?,20-/m0/s1. The molecule has 1 unspecified atom stereocenters. The molecule has 2 aliphatic heterocycles. The van der Waals surface area contributed by atoms with E-state index >= 15 is 0 Å². The number of nitrogens with zero attached hydrogens (tertiary/aromatic N) is 4. The van der Waals surface area contributed by atoms with E-state index < -0.39 is 12.2 Å². The molecule has 3 heterocycles. The van der Waals surface area contributed by atoms with Gasteiger partial charge in [-0.15, -0.1) is 11.6 Å². The summed E-state index contributed by atoms with van der Waals surface area (Å²) in [5, 5.41) is 12.0. The highest BCUT2D eigenvalue weighted by atomic mass is 35.5. The van der Waals surface area contributed by atoms with Crippen LogP contribution in [0.3, 0.4) is 0 Å². The van der Waals surface area contributed by atoms with Gasteiger partial charge >= 0.3 is 6.09 Å². The molecular weight excluding hydrogens is 494 g/mol. The number of amidine groups is 1. The second kappa shape index (κ2) is 10.1. The van der Waals surface area contributed by atoms with Gasteiger partial charge in [-0.3, -0.25) is 14.7 Å². The number of cyclic esters (lactones) is 1. The van der Waals surface area contributed by atoms with Crippen LogP contribution in [0.25, 0.3) is 22.6 Å². The number of ether oxygens (including phenoxy) is 1. The highest BCUT2D eigenvalue weighted by molar-refractivity contribution is 6.22. The Morgan fingerprint density at radius 3 is 2.76 bits per heavy atom. The highest BCUT2D eigenvalue weighted by Crippen LogP contribution is 2.31. The third kappa shape index (κ3) is 5.06. The van der Waals surface area contributed by atoms with Crippen LogP contribution in [0.1, 0.15) is 41.3 Å². The minimum absolute atomic E-state index is 0.166. The zero-order valence-electron chi connectivity index (χ0n) is 20.3. The largest absolute Gasteiger partial charge is 0.442 e. The van der Waals surface area contributed by atoms with Crippen molar-refractivity contribution < 1.29 is 18.7 Å². The predicted molar refractivity (Wildman–Crippen MR) is 139 cm³/mol. The summed E-state index contributed by atoms with van der Waals surface area (Å²) in [5.41, 5.74) is 3.89. The van der Waals surface area contributed by atoms with Crippen molar-refractivity contribution in [1.29, 1.82) is 5.26 Å². The molecule has 0 bridgehead atoms. The number of aliphatic imine (C=N–C) groups is 1. The van der Waals surface area contributed by atoms with Gasteiger partial charge in [-0.05, 0) is 48.4 Å². The number of carbonyl (C=O) groups excluding carboxylic acids is 2. The number of hydrogen-bond donors (Lipinski definition) is 1. The first-order valence-electron chi connectivity index (χ1n) is 11.9. The van der Waals surface area contributed by atoms with Crippen molar-refractivity contribution in [2.75, 3.05) is 19.6 Å². The number of amides is 2. The molecule has 5 rings (SSSR count). The first-order chi connectivity index (χ1) is 17.8. The quantitative estimate of drug-likeness (QED) is 0.493. The Bertz CT molecular complexity index is 1470. The minimum Gasteiger partial charge on any atom is -0.442 e. The van der Waals surface area contributed by atoms with Crippen molar-refractivity contribution in [3.63, 3.8) is 0 Å². The maximum absolute atomic E-state index is 12.7. The number of benzene rings is 2. The average Bonchev–Trinajstić information content (AvgIpc) is 3.50. The van der Waals surface area contributed by atoms with Gasteiger partial charge in [0.2, 0.25) is 5.89 Å². The number of oxazole rings is 1. The predicted octanol–water partition coefficient (Wildman–Crippen LogP) is 4.62. The summed E-state index contributed by atoms with van der Waals surface area (Å²) in [5.74, 6) is 0.796. The van der Waals surface area contributed by atoms with E-state index in [1.54, 1.807) is 42.5 Å². The summed E-state index contributed by atoms with van der Waals surface area (Å²) in [6.07, 6.45) is 2.49. The topological polar surface area (TPSA) is 121 Å². The minimum atomic E-state index is -0.499. The van der Waals surface area contributed by atoms with Crippen LogP contribution in [0.2, 0.25) is 0 Å². The average molecular weight is 518 g/mol. The Morgan fingerprint density at radius 1 is 1.30 bits per heavy atom. The van der Waals surface area contributed by atoms with Crippen LogP contribution in [0.4, 0.5) is 4.79 Å². The molecule has 3 aromatic rings. The number of halogens is 1. The number of aromatic nitrogens is 1. The van der Waals surface area contributed by atoms with Crippen LogP contribution < -0.4 is 5.32 Å². The number of hydrogen-bond acceptors (Lipinski definition) is 7. The Labute approximate surface area is 218 Å². The van der Waals surface area contributed by atoms with Gasteiger partial charge in [0.15, 0.2) is 5.58 Å². The van der Waals surface area contributed by atoms with Crippen molar-refractivity contribution in [2.24, 2.45) is 4.99 Å². The third-order valence-electron chi connectivity index (χ3n) is 6.19. The number of alkyl halides is 1. The zero-order chi connectivity index (χ0) is 26.1. The van der Waals surface area contributed by atoms with E-state index in [1.807, 2.05) is 19.9 Å². The summed E-state index contributed by atoms with van der Waals surface area (Å²) in [4.78, 5) is 35.2. The molecular formula is C27H24ClN5O4. The SMILES string of the molecule is CC(C)c1cc(C#N)cc2nc(-c3ccc(C(=O)NC[C@H]4CN(C5=NCC(Cl)C=C5)C(=O)O4)cc3)oc12. The molecule has 0 saturated carbocycles. The molecule has 1 saturated heterocycles. The van der Waals surface area contributed by atoms with Gasteiger partial charge in [0.25, 0.3) is 5.91 Å². The van der Waals surface area contributed by atoms with Gasteiger partial charge in [0.05, 0.1) is 36.6 Å². The lowest BCUT2D eigenvalue weighted by Crippen LogP contribution is -2.36. The molecule has 1 fully saturated rings. The molecule has 0 spiro atoms. The van der Waals surface area contributed by atoms with Gasteiger partial charge in [0.1, 0.15) is 17.5 Å². The van der Waals surface area contributed by atoms with Crippen LogP contribution in [-0.2, 0) is 4.74 Å². The van der Waals surface area contributed by atoms with Crippen LogP contribution in [-0.4, -0.2) is 58.8 Å². The maximum Gasteiger partial charge on any atom is 0.416 e. The van der Waals surface area contributed by atoms with Gasteiger partial charge in [-0.2, -0.15) is 5.26 Å². The van der Waals surface area contributed by atoms with Crippen molar-refractivity contribution in [3.8, 4) is 17.5 Å². The van der Waals surface area contributed by atoms with E-state index in [2.05, 4.69) is 21.4 Å². The number of fused-ring (bicyclic) bond motifs is 1. The molecule has 2 aliphatic rings. The lowest BCUT2D eigenvalue weighted by Gasteiger charge is -2.16. The number of nitriles is 1. The highest BCUT2D eigenvalue weighted by Gasteiger charge is 2.34. The van der Waals surface area contributed by atoms with Crippen LogP contribution >= 0.6 is 11.6 Å². The maximum atomic E-state index is 12.7. The molecule has 10 heteroatoms. The molecule has 2 amide bonds. The number of nitrogens with one attached hydrogen (secondary N) is 1. The molecule has 0 aliphatic carbocycles. The molecule has 2 aromatic carbocycles. The van der Waals surface area contributed by atoms with Gasteiger partial charge in [-0.1, -0.05) is 19.9 Å². The Balaban J connectivity index is 1.23. The summed E-state index contributed by atoms with van der Waals surface area (Å²) < 4.78 is 11.4. The second-order valence-corrected chi connectivity index (χ2v) is 9.74. The Morgan fingerprint density at radius 2 is 2.08 bits per heavy atom. The van der Waals surface area contributed by atoms with E-state index in [0.29, 0.717) is 46.1 Å². The summed E-state index contributed by atoms with van der Waals surface area (Å²) >= 11 is 5.99. The third-order valence-corrected chi connectivity index (χ3v) is 6.47. The van der Waals surface area contributed by atoms with E-state index in [9.17, 15) is 14.9 Å². The molecule has 1 N–H and O–H groups in total. The van der Waals surface area contributed by atoms with Crippen LogP contribution in [0.15, 0.2) is 58.0 Å². The summed E-state index contributed by atoms with van der Waals surface area (Å²) in [6, 6.07) is 12.6. The van der Waals surface area contributed by atoms with E-state index in [1.165, 1.54) is 4.90 Å². The summed E-state index contributed by atoms with van der Waals surface area (Å²) in [6.45, 7) is 4.93. The van der Waals surface area contributed by atoms with Crippen molar-refractivity contribution in [3.05, 3.63) is 65.2 Å². The second-order valence-electron chi connectivity index (χ2n) is 9.18. The first-order valence-corrected chi connectivity index (χ1v) is 12.3. The zero-order valence-corrected chi connectivity index (χ0v) is 21.0. The fourth-order valence-corrected chi connectivity index (χ4v) is 4.37. The van der Waals surface area contributed by atoms with E-state index in [0.717, 1.165) is 5.56 Å². The fourth-order valence-electron chi connectivity index (χ4n) is 4.22. The first kappa shape index (κ1) is 24.5. The summed E-state index contributed by atoms with van der Waals surface area (Å²) in [7, 11) is 0.